The minimum atomic E-state index is -1.97. The quantitative estimate of drug-likeness (QED) is 0.0153. The number of rotatable bonds is 62. The maximum absolute atomic E-state index is 14.7. The molecule has 0 heterocycles. The highest BCUT2D eigenvalue weighted by Gasteiger charge is 2.40. The highest BCUT2D eigenvalue weighted by molar-refractivity contribution is 6.02. The Hall–Kier alpha value is -12.9. The smallest absolute Gasteiger partial charge is 0.326 e. The predicted octanol–water partition coefficient (Wildman–Crippen LogP) is -10.5. The van der Waals surface area contributed by atoms with Gasteiger partial charge in [0.05, 0.1) is 31.9 Å². The molecular formula is C73H129N27O24. The standard InChI is InChI=1S/C73H129N27O24/c1-11-35(8)55(100-57(110)37(10)87-58(111)38(74)28-51(76)103)69(122)93-42(18-20-50(75)102)63(116)92-43(19-21-53(105)106)59(112)88-36(9)56(109)89-39(15-12-22-84-71(78)79)60(113)90-40(16-13-23-85-72(80)81)61(114)94-44(25-32(2)3)64(117)95-45(26-33(4)5)65(118)97-47(29-52(77)104)67(120)96-46(27-34(6)7)66(119)99-49(31-101)68(121)91-41(17-14-24-86-73(82)83)62(115)98-48(70(123)124)30-54(107)108/h32-49,55,101H,11-31,74H2,1-10H3,(H2,75,102)(H2,76,103)(H2,77,104)(H,87,111)(H,88,112)(H,89,109)(H,90,113)(H,91,121)(H,92,116)(H,93,122)(H,94,114)(H,95,117)(H,96,120)(H,97,118)(H,98,115)(H,99,119)(H,100,110)(H,105,106)(H,107,108)(H,123,124)(H4,78,79,84)(H4,80,81,85)(H4,82,83,86)/t35-,36-,37-,38-,39-,40-,41-,42-,43-,44-,45-,46-,47-,48-,49-,55-/m0/s1. The van der Waals surface area contributed by atoms with Gasteiger partial charge in [-0.1, -0.05) is 61.8 Å². The Bertz CT molecular complexity index is 3740. The molecule has 0 aliphatic heterocycles. The van der Waals surface area contributed by atoms with E-state index in [1.54, 1.807) is 55.4 Å². The van der Waals surface area contributed by atoms with E-state index < -0.39 is 302 Å². The Labute approximate surface area is 715 Å². The molecule has 0 aromatic rings. The van der Waals surface area contributed by atoms with E-state index in [2.05, 4.69) is 85.1 Å². The summed E-state index contributed by atoms with van der Waals surface area (Å²) in [4.78, 5) is 268. The van der Waals surface area contributed by atoms with Crippen molar-refractivity contribution in [1.82, 2.24) is 90.4 Å². The summed E-state index contributed by atoms with van der Waals surface area (Å²) in [7, 11) is 0. The number of carbonyl (C=O) groups is 20. The summed E-state index contributed by atoms with van der Waals surface area (Å²) >= 11 is 0. The van der Waals surface area contributed by atoms with E-state index in [1.807, 2.05) is 5.32 Å². The molecule has 0 saturated carbocycles. The number of hydrogen-bond acceptors (Lipinski definition) is 25. The van der Waals surface area contributed by atoms with E-state index in [0.29, 0.717) is 0 Å². The van der Waals surface area contributed by atoms with E-state index in [1.165, 1.54) is 6.92 Å². The molecule has 124 heavy (non-hydrogen) atoms. The Kier molecular flexibility index (Phi) is 51.5. The van der Waals surface area contributed by atoms with Gasteiger partial charge >= 0.3 is 17.9 Å². The fourth-order valence-electron chi connectivity index (χ4n) is 11.6. The van der Waals surface area contributed by atoms with Crippen molar-refractivity contribution < 1.29 is 116 Å². The van der Waals surface area contributed by atoms with Crippen LogP contribution in [0.1, 0.15) is 178 Å². The average molecular weight is 1770 g/mol. The molecule has 0 aromatic heterocycles. The summed E-state index contributed by atoms with van der Waals surface area (Å²) in [5, 5.41) is 103. The number of carboxylic acids is 3. The van der Waals surface area contributed by atoms with Crippen LogP contribution in [0.3, 0.4) is 0 Å². The molecular weight excluding hydrogens is 1640 g/mol. The van der Waals surface area contributed by atoms with Gasteiger partial charge < -0.3 is 151 Å². The number of hydrogen-bond donors (Lipinski definition) is 31. The molecule has 700 valence electrons. The lowest BCUT2D eigenvalue weighted by Crippen LogP contribution is -2.61. The maximum Gasteiger partial charge on any atom is 0.326 e. The van der Waals surface area contributed by atoms with Crippen molar-refractivity contribution in [2.24, 2.45) is 63.8 Å². The zero-order valence-corrected chi connectivity index (χ0v) is 71.3. The van der Waals surface area contributed by atoms with Gasteiger partial charge in [-0.2, -0.15) is 0 Å². The van der Waals surface area contributed by atoms with Crippen molar-refractivity contribution in [3.63, 3.8) is 0 Å². The Morgan fingerprint density at radius 3 is 0.927 bits per heavy atom. The van der Waals surface area contributed by atoms with Gasteiger partial charge in [0.25, 0.3) is 0 Å². The van der Waals surface area contributed by atoms with Gasteiger partial charge in [-0.15, -0.1) is 0 Å². The molecule has 17 amide bonds. The third-order valence-corrected chi connectivity index (χ3v) is 18.4. The average Bonchev–Trinajstić information content (AvgIpc) is 0.865. The molecule has 0 aliphatic carbocycles. The van der Waals surface area contributed by atoms with Gasteiger partial charge in [0.15, 0.2) is 17.9 Å². The summed E-state index contributed by atoms with van der Waals surface area (Å²) in [6.45, 7) is 14.1. The van der Waals surface area contributed by atoms with Crippen LogP contribution in [-0.4, -0.2) is 274 Å². The highest BCUT2D eigenvalue weighted by Crippen LogP contribution is 2.16. The molecule has 51 heteroatoms. The molecule has 0 aromatic carbocycles. The Morgan fingerprint density at radius 1 is 0.306 bits per heavy atom. The first-order valence-corrected chi connectivity index (χ1v) is 40.1. The van der Waals surface area contributed by atoms with Crippen LogP contribution in [0.5, 0.6) is 0 Å². The fraction of sp³-hybridized carbons (Fsp3) is 0.685. The molecule has 0 unspecified atom stereocenters. The van der Waals surface area contributed by atoms with Crippen molar-refractivity contribution in [1.29, 1.82) is 16.2 Å². The molecule has 51 nitrogen and oxygen atoms in total. The molecule has 38 N–H and O–H groups in total. The molecule has 16 atom stereocenters. The number of aliphatic hydroxyl groups is 1. The Balaban J connectivity index is 7.36. The van der Waals surface area contributed by atoms with Crippen LogP contribution < -0.4 is 131 Å². The molecule has 0 spiro atoms. The number of aliphatic carboxylic acids is 3. The number of amides is 17. The maximum atomic E-state index is 14.7. The van der Waals surface area contributed by atoms with Crippen molar-refractivity contribution in [2.45, 2.75) is 269 Å². The van der Waals surface area contributed by atoms with E-state index in [9.17, 15) is 116 Å². The molecule has 0 rings (SSSR count). The minimum absolute atomic E-state index is 0.0198. The first-order chi connectivity index (χ1) is 57.7. The number of nitrogens with two attached hydrogens (primary N) is 7. The normalized spacial score (nSPS) is 14.9. The number of carbonyl (C=O) groups excluding carboxylic acids is 17. The largest absolute Gasteiger partial charge is 0.481 e. The minimum Gasteiger partial charge on any atom is -0.481 e. The number of carboxylic acid groups (broad SMARTS) is 3. The van der Waals surface area contributed by atoms with Crippen LogP contribution in [0.15, 0.2) is 0 Å². The lowest BCUT2D eigenvalue weighted by molar-refractivity contribution is -0.147. The molecule has 0 fully saturated rings. The number of aliphatic hydroxyl groups excluding tert-OH is 1. The number of primary amides is 3. The monoisotopic (exact) mass is 1770 g/mol. The summed E-state index contributed by atoms with van der Waals surface area (Å²) in [5.41, 5.74) is 38.1. The Morgan fingerprint density at radius 2 is 0.597 bits per heavy atom. The third kappa shape index (κ3) is 46.2. The van der Waals surface area contributed by atoms with Gasteiger partial charge in [0.1, 0.15) is 84.6 Å². The van der Waals surface area contributed by atoms with Crippen molar-refractivity contribution in [2.75, 3.05) is 26.2 Å². The van der Waals surface area contributed by atoms with Crippen LogP contribution in [0.25, 0.3) is 0 Å². The van der Waals surface area contributed by atoms with Gasteiger partial charge in [0, 0.05) is 32.5 Å². The third-order valence-electron chi connectivity index (χ3n) is 18.4. The summed E-state index contributed by atoms with van der Waals surface area (Å²) < 4.78 is 0. The van der Waals surface area contributed by atoms with Crippen molar-refractivity contribution >= 4 is 136 Å². The lowest BCUT2D eigenvalue weighted by atomic mass is 9.97. The van der Waals surface area contributed by atoms with E-state index >= 15 is 0 Å². The van der Waals surface area contributed by atoms with Gasteiger partial charge in [0.2, 0.25) is 100 Å². The highest BCUT2D eigenvalue weighted by atomic mass is 16.4. The van der Waals surface area contributed by atoms with E-state index in [-0.39, 0.29) is 83.8 Å². The van der Waals surface area contributed by atoms with E-state index in [0.717, 1.165) is 6.92 Å². The number of nitrogens with one attached hydrogen (secondary N) is 20. The van der Waals surface area contributed by atoms with Crippen molar-refractivity contribution in [3.8, 4) is 0 Å². The number of guanidine groups is 3. The van der Waals surface area contributed by atoms with E-state index in [4.69, 9.17) is 56.4 Å². The van der Waals surface area contributed by atoms with Crippen LogP contribution in [-0.2, 0) is 95.9 Å². The second-order valence-electron chi connectivity index (χ2n) is 30.8. The molecule has 0 aliphatic rings. The second-order valence-corrected chi connectivity index (χ2v) is 30.8. The van der Waals surface area contributed by atoms with Gasteiger partial charge in [-0.3, -0.25) is 107 Å². The molecule has 0 saturated heterocycles. The molecule has 0 bridgehead atoms. The fourth-order valence-corrected chi connectivity index (χ4v) is 11.6. The zero-order valence-electron chi connectivity index (χ0n) is 71.3. The van der Waals surface area contributed by atoms with Crippen LogP contribution in [0, 0.1) is 39.9 Å². The summed E-state index contributed by atoms with van der Waals surface area (Å²) in [5.74, 6) is -26.6. The lowest BCUT2D eigenvalue weighted by Gasteiger charge is -2.29. The predicted molar refractivity (Wildman–Crippen MR) is 442 cm³/mol. The SMILES string of the molecule is CC[C@H](C)[C@H](NC(=O)[C@H](C)NC(=O)[C@@H](N)CC(N)=O)C(=O)N[C@@H](CCC(N)=O)C(=O)N[C@@H](CCC(=O)O)C(=O)N[C@@H](C)C(=O)N[C@@H](CCCNC(=N)N)C(=O)N[C@@H](CCCNC(=N)N)C(=O)N[C@@H](CC(C)C)C(=O)N[C@@H](CC(C)C)C(=O)N[C@@H](CC(N)=O)C(=O)N[C@@H](CC(C)C)C(=O)N[C@@H](CO)C(=O)N[C@@H](CCCNC(=N)N)C(=O)N[C@@H](CC(=O)O)C(=O)O. The van der Waals surface area contributed by atoms with Crippen LogP contribution >= 0.6 is 0 Å². The second kappa shape index (κ2) is 57.4. The van der Waals surface area contributed by atoms with Crippen LogP contribution in [0.4, 0.5) is 0 Å². The van der Waals surface area contributed by atoms with Crippen molar-refractivity contribution in [3.05, 3.63) is 0 Å². The first kappa shape index (κ1) is 111. The first-order valence-electron chi connectivity index (χ1n) is 40.1. The van der Waals surface area contributed by atoms with Gasteiger partial charge in [-0.25, -0.2) is 4.79 Å². The molecule has 0 radical (unpaired) electrons. The summed E-state index contributed by atoms with van der Waals surface area (Å²) in [6, 6.07) is -24.9. The summed E-state index contributed by atoms with van der Waals surface area (Å²) in [6.07, 6.45) is -6.39. The van der Waals surface area contributed by atoms with Crippen LogP contribution in [0.2, 0.25) is 0 Å². The topological polar surface area (TPSA) is 881 Å². The van der Waals surface area contributed by atoms with Gasteiger partial charge in [-0.05, 0) is 108 Å². The zero-order chi connectivity index (χ0) is 95.1.